The number of amidine groups is 1. The molecule has 2 rings (SSSR count). The van der Waals surface area contributed by atoms with Gasteiger partial charge in [-0.2, -0.15) is 5.10 Å². The summed E-state index contributed by atoms with van der Waals surface area (Å²) in [5.41, 5.74) is 10.5. The Morgan fingerprint density at radius 3 is 2.48 bits per heavy atom. The highest BCUT2D eigenvalue weighted by Gasteiger charge is 2.17. The van der Waals surface area contributed by atoms with Crippen molar-refractivity contribution in [3.05, 3.63) is 52.2 Å². The molecular formula is C16H21N5. The molecular weight excluding hydrogens is 262 g/mol. The average molecular weight is 283 g/mol. The molecule has 0 aliphatic heterocycles. The molecule has 0 spiro atoms. The molecule has 5 nitrogen and oxygen atoms in total. The Morgan fingerprint density at radius 1 is 1.19 bits per heavy atom. The maximum absolute atomic E-state index is 7.81. The van der Waals surface area contributed by atoms with Crippen LogP contribution in [0.15, 0.2) is 24.3 Å². The molecule has 0 aliphatic carbocycles. The van der Waals surface area contributed by atoms with Crippen LogP contribution < -0.4 is 10.6 Å². The first-order valence-electron chi connectivity index (χ1n) is 6.85. The molecule has 0 bridgehead atoms. The van der Waals surface area contributed by atoms with Gasteiger partial charge in [0.05, 0.1) is 11.3 Å². The predicted octanol–water partition coefficient (Wildman–Crippen LogP) is 2.32. The standard InChI is InChI=1S/C16H21N5/c1-10-7-5-6-8-13(10)9-21(4)16-14(15(17)18)11(2)12(3)19-20-16/h5-8H,9H2,1-4H3,(H3,17,18). The fraction of sp³-hybridized carbons (Fsp3) is 0.312. The van der Waals surface area contributed by atoms with Crippen LogP contribution >= 0.6 is 0 Å². The zero-order chi connectivity index (χ0) is 15.6. The van der Waals surface area contributed by atoms with Crippen LogP contribution in [0.5, 0.6) is 0 Å². The summed E-state index contributed by atoms with van der Waals surface area (Å²) in [6.07, 6.45) is 0. The van der Waals surface area contributed by atoms with Gasteiger partial charge in [-0.05, 0) is 37.5 Å². The zero-order valence-corrected chi connectivity index (χ0v) is 12.9. The topological polar surface area (TPSA) is 78.9 Å². The maximum atomic E-state index is 7.81. The second-order valence-corrected chi connectivity index (χ2v) is 5.31. The molecule has 2 aromatic rings. The van der Waals surface area contributed by atoms with Crippen molar-refractivity contribution in [3.63, 3.8) is 0 Å². The van der Waals surface area contributed by atoms with Gasteiger partial charge in [0.25, 0.3) is 0 Å². The Labute approximate surface area is 125 Å². The van der Waals surface area contributed by atoms with Gasteiger partial charge in [-0.3, -0.25) is 5.41 Å². The van der Waals surface area contributed by atoms with Gasteiger partial charge in [-0.15, -0.1) is 5.10 Å². The Balaban J connectivity index is 2.40. The van der Waals surface area contributed by atoms with Crippen LogP contribution in [0.2, 0.25) is 0 Å². The second-order valence-electron chi connectivity index (χ2n) is 5.31. The lowest BCUT2D eigenvalue weighted by atomic mass is 10.1. The molecule has 0 saturated heterocycles. The Hall–Kier alpha value is -2.43. The van der Waals surface area contributed by atoms with Crippen LogP contribution in [0.3, 0.4) is 0 Å². The van der Waals surface area contributed by atoms with E-state index in [1.165, 1.54) is 11.1 Å². The van der Waals surface area contributed by atoms with E-state index < -0.39 is 0 Å². The minimum atomic E-state index is 0.0251. The second kappa shape index (κ2) is 5.91. The van der Waals surface area contributed by atoms with E-state index in [0.29, 0.717) is 17.9 Å². The molecule has 0 radical (unpaired) electrons. The van der Waals surface area contributed by atoms with Crippen molar-refractivity contribution < 1.29 is 0 Å². The van der Waals surface area contributed by atoms with Crippen LogP contribution in [-0.4, -0.2) is 23.1 Å². The number of anilines is 1. The van der Waals surface area contributed by atoms with Gasteiger partial charge in [0.1, 0.15) is 5.84 Å². The Morgan fingerprint density at radius 2 is 1.86 bits per heavy atom. The molecule has 0 amide bonds. The molecule has 0 aliphatic rings. The van der Waals surface area contributed by atoms with Crippen LogP contribution in [0.4, 0.5) is 5.82 Å². The molecule has 110 valence electrons. The Bertz CT molecular complexity index is 678. The molecule has 5 heteroatoms. The number of rotatable bonds is 4. The molecule has 1 aromatic heterocycles. The van der Waals surface area contributed by atoms with Gasteiger partial charge in [-0.1, -0.05) is 24.3 Å². The van der Waals surface area contributed by atoms with Crippen LogP contribution in [0.25, 0.3) is 0 Å². The number of nitrogens with zero attached hydrogens (tertiary/aromatic N) is 3. The number of nitrogen functional groups attached to an aromatic ring is 1. The van der Waals surface area contributed by atoms with Crippen molar-refractivity contribution in [2.75, 3.05) is 11.9 Å². The first kappa shape index (κ1) is 15.0. The largest absolute Gasteiger partial charge is 0.384 e. The summed E-state index contributed by atoms with van der Waals surface area (Å²) in [5.74, 6) is 0.672. The highest BCUT2D eigenvalue weighted by Crippen LogP contribution is 2.22. The van der Waals surface area contributed by atoms with Crippen LogP contribution in [-0.2, 0) is 6.54 Å². The number of aromatic nitrogens is 2. The van der Waals surface area contributed by atoms with Gasteiger partial charge in [0.2, 0.25) is 0 Å². The lowest BCUT2D eigenvalue weighted by Gasteiger charge is -2.22. The van der Waals surface area contributed by atoms with E-state index >= 15 is 0 Å². The molecule has 1 heterocycles. The molecule has 1 aromatic carbocycles. The first-order chi connectivity index (χ1) is 9.91. The SMILES string of the molecule is Cc1ccccc1CN(C)c1nnc(C)c(C)c1C(=N)N. The van der Waals surface area contributed by atoms with E-state index in [9.17, 15) is 0 Å². The van der Waals surface area contributed by atoms with Gasteiger partial charge < -0.3 is 10.6 Å². The number of benzene rings is 1. The lowest BCUT2D eigenvalue weighted by molar-refractivity contribution is 0.843. The van der Waals surface area contributed by atoms with E-state index in [0.717, 1.165) is 11.3 Å². The highest BCUT2D eigenvalue weighted by atomic mass is 15.2. The quantitative estimate of drug-likeness (QED) is 0.666. The van der Waals surface area contributed by atoms with E-state index in [4.69, 9.17) is 11.1 Å². The monoisotopic (exact) mass is 283 g/mol. The van der Waals surface area contributed by atoms with Gasteiger partial charge in [-0.25, -0.2) is 0 Å². The molecule has 0 atom stereocenters. The van der Waals surface area contributed by atoms with Gasteiger partial charge >= 0.3 is 0 Å². The van der Waals surface area contributed by atoms with E-state index in [1.54, 1.807) is 0 Å². The van der Waals surface area contributed by atoms with Crippen LogP contribution in [0.1, 0.15) is 27.9 Å². The van der Waals surface area contributed by atoms with Crippen LogP contribution in [0, 0.1) is 26.2 Å². The molecule has 0 unspecified atom stereocenters. The number of nitrogens with one attached hydrogen (secondary N) is 1. The average Bonchev–Trinajstić information content (AvgIpc) is 2.43. The fourth-order valence-electron chi connectivity index (χ4n) is 2.30. The Kier molecular flexibility index (Phi) is 4.21. The number of hydrogen-bond acceptors (Lipinski definition) is 4. The van der Waals surface area contributed by atoms with Crippen molar-refractivity contribution in [3.8, 4) is 0 Å². The van der Waals surface area contributed by atoms with Gasteiger partial charge in [0, 0.05) is 13.6 Å². The van der Waals surface area contributed by atoms with Crippen molar-refractivity contribution in [2.45, 2.75) is 27.3 Å². The smallest absolute Gasteiger partial charge is 0.162 e. The molecule has 21 heavy (non-hydrogen) atoms. The summed E-state index contributed by atoms with van der Waals surface area (Å²) in [6, 6.07) is 8.22. The van der Waals surface area contributed by atoms with E-state index in [2.05, 4.69) is 29.3 Å². The zero-order valence-electron chi connectivity index (χ0n) is 12.9. The molecule has 0 fully saturated rings. The number of nitrogens with two attached hydrogens (primary N) is 1. The fourth-order valence-corrected chi connectivity index (χ4v) is 2.30. The predicted molar refractivity (Wildman–Crippen MR) is 85.8 cm³/mol. The lowest BCUT2D eigenvalue weighted by Crippen LogP contribution is -2.25. The third-order valence-corrected chi connectivity index (χ3v) is 3.74. The van der Waals surface area contributed by atoms with Gasteiger partial charge in [0.15, 0.2) is 5.82 Å². The summed E-state index contributed by atoms with van der Waals surface area (Å²) in [5, 5.41) is 16.2. The maximum Gasteiger partial charge on any atom is 0.162 e. The van der Waals surface area contributed by atoms with E-state index in [1.807, 2.05) is 37.9 Å². The summed E-state index contributed by atoms with van der Waals surface area (Å²) >= 11 is 0. The summed E-state index contributed by atoms with van der Waals surface area (Å²) in [7, 11) is 1.94. The number of aryl methyl sites for hydroxylation is 2. The third-order valence-electron chi connectivity index (χ3n) is 3.74. The summed E-state index contributed by atoms with van der Waals surface area (Å²) in [4.78, 5) is 1.98. The number of hydrogen-bond donors (Lipinski definition) is 2. The van der Waals surface area contributed by atoms with Crippen molar-refractivity contribution in [1.82, 2.24) is 10.2 Å². The molecule has 3 N–H and O–H groups in total. The van der Waals surface area contributed by atoms with Crippen molar-refractivity contribution in [1.29, 1.82) is 5.41 Å². The third kappa shape index (κ3) is 3.02. The summed E-state index contributed by atoms with van der Waals surface area (Å²) < 4.78 is 0. The summed E-state index contributed by atoms with van der Waals surface area (Å²) in [6.45, 7) is 6.58. The molecule has 0 saturated carbocycles. The van der Waals surface area contributed by atoms with E-state index in [-0.39, 0.29) is 5.84 Å². The first-order valence-corrected chi connectivity index (χ1v) is 6.85. The van der Waals surface area contributed by atoms with Crippen molar-refractivity contribution in [2.24, 2.45) is 5.73 Å². The normalized spacial score (nSPS) is 10.5. The minimum Gasteiger partial charge on any atom is -0.384 e. The highest BCUT2D eigenvalue weighted by molar-refractivity contribution is 6.01. The van der Waals surface area contributed by atoms with Crippen molar-refractivity contribution >= 4 is 11.7 Å². The minimum absolute atomic E-state index is 0.0251.